The summed E-state index contributed by atoms with van der Waals surface area (Å²) in [7, 11) is -2.71. The van der Waals surface area contributed by atoms with Crippen molar-refractivity contribution < 1.29 is 22.7 Å². The van der Waals surface area contributed by atoms with Crippen LogP contribution >= 0.6 is 23.2 Å². The van der Waals surface area contributed by atoms with Gasteiger partial charge < -0.3 is 15.0 Å². The number of nitrogens with zero attached hydrogens (tertiary/aromatic N) is 2. The van der Waals surface area contributed by atoms with Crippen molar-refractivity contribution in [3.8, 4) is 5.75 Å². The molecule has 0 heterocycles. The molecule has 1 N–H and O–H groups in total. The van der Waals surface area contributed by atoms with Crippen LogP contribution in [0, 0.1) is 0 Å². The summed E-state index contributed by atoms with van der Waals surface area (Å²) in [6.45, 7) is 3.70. The van der Waals surface area contributed by atoms with Crippen LogP contribution in [0.1, 0.15) is 38.7 Å². The summed E-state index contributed by atoms with van der Waals surface area (Å²) in [6.07, 6.45) is 1.99. The predicted octanol–water partition coefficient (Wildman–Crippen LogP) is 5.92. The molecule has 11 heteroatoms. The van der Waals surface area contributed by atoms with E-state index in [0.717, 1.165) is 17.1 Å². The van der Waals surface area contributed by atoms with E-state index in [4.69, 9.17) is 27.9 Å². The quantitative estimate of drug-likeness (QED) is 0.226. The fraction of sp³-hybridized carbons (Fsp3) is 0.333. The Labute approximate surface area is 252 Å². The van der Waals surface area contributed by atoms with Crippen LogP contribution < -0.4 is 14.4 Å². The number of hydrogen-bond acceptors (Lipinski definition) is 5. The highest BCUT2D eigenvalue weighted by atomic mass is 35.5. The summed E-state index contributed by atoms with van der Waals surface area (Å²) in [5.74, 6) is -0.469. The van der Waals surface area contributed by atoms with Crippen molar-refractivity contribution in [1.29, 1.82) is 0 Å². The predicted molar refractivity (Wildman–Crippen MR) is 163 cm³/mol. The molecule has 0 saturated carbocycles. The summed E-state index contributed by atoms with van der Waals surface area (Å²) < 4.78 is 34.1. The van der Waals surface area contributed by atoms with Gasteiger partial charge in [0, 0.05) is 29.2 Å². The van der Waals surface area contributed by atoms with Crippen molar-refractivity contribution in [2.45, 2.75) is 50.6 Å². The van der Waals surface area contributed by atoms with E-state index in [1.165, 1.54) is 24.1 Å². The van der Waals surface area contributed by atoms with Gasteiger partial charge in [0.05, 0.1) is 17.7 Å². The smallest absolute Gasteiger partial charge is 0.264 e. The second-order valence-electron chi connectivity index (χ2n) is 9.35. The van der Waals surface area contributed by atoms with Crippen LogP contribution in [0.3, 0.4) is 0 Å². The molecule has 0 aliphatic heterocycles. The molecule has 0 aliphatic rings. The number of amides is 2. The zero-order valence-corrected chi connectivity index (χ0v) is 25.7. The molecule has 2 amide bonds. The molecule has 220 valence electrons. The van der Waals surface area contributed by atoms with Gasteiger partial charge in [-0.15, -0.1) is 0 Å². The third-order valence-electron chi connectivity index (χ3n) is 6.52. The summed E-state index contributed by atoms with van der Waals surface area (Å²) in [6, 6.07) is 18.4. The Morgan fingerprint density at radius 3 is 2.34 bits per heavy atom. The monoisotopic (exact) mass is 619 g/mol. The minimum absolute atomic E-state index is 0.0206. The molecule has 3 aromatic carbocycles. The molecule has 0 fully saturated rings. The maximum absolute atomic E-state index is 14.1. The molecule has 8 nitrogen and oxygen atoms in total. The maximum Gasteiger partial charge on any atom is 0.264 e. The lowest BCUT2D eigenvalue weighted by molar-refractivity contribution is -0.140. The van der Waals surface area contributed by atoms with Crippen molar-refractivity contribution in [2.75, 3.05) is 24.5 Å². The number of unbranched alkanes of at least 4 members (excludes halogenated alkanes) is 1. The molecular formula is C30H35Cl2N3O5S. The van der Waals surface area contributed by atoms with Gasteiger partial charge in [-0.2, -0.15) is 0 Å². The van der Waals surface area contributed by atoms with Gasteiger partial charge in [0.25, 0.3) is 10.0 Å². The lowest BCUT2D eigenvalue weighted by Crippen LogP contribution is -2.52. The fourth-order valence-electron chi connectivity index (χ4n) is 4.27. The average molecular weight is 621 g/mol. The van der Waals surface area contributed by atoms with Crippen LogP contribution in [-0.4, -0.2) is 51.4 Å². The maximum atomic E-state index is 14.1. The van der Waals surface area contributed by atoms with Gasteiger partial charge in [-0.3, -0.25) is 13.9 Å². The minimum Gasteiger partial charge on any atom is -0.497 e. The number of nitrogens with one attached hydrogen (secondary N) is 1. The van der Waals surface area contributed by atoms with Gasteiger partial charge in [0.1, 0.15) is 18.3 Å². The molecule has 0 radical (unpaired) electrons. The van der Waals surface area contributed by atoms with Crippen LogP contribution in [0.2, 0.25) is 10.0 Å². The van der Waals surface area contributed by atoms with Crippen molar-refractivity contribution in [3.63, 3.8) is 0 Å². The number of benzene rings is 3. The van der Waals surface area contributed by atoms with E-state index in [1.807, 2.05) is 6.92 Å². The van der Waals surface area contributed by atoms with Crippen molar-refractivity contribution in [1.82, 2.24) is 10.2 Å². The molecular weight excluding hydrogens is 585 g/mol. The second-order valence-corrected chi connectivity index (χ2v) is 12.1. The fourth-order valence-corrected chi connectivity index (χ4v) is 6.17. The molecule has 0 aromatic heterocycles. The first-order valence-electron chi connectivity index (χ1n) is 13.3. The molecule has 0 spiro atoms. The number of sulfonamides is 1. The second kappa shape index (κ2) is 15.1. The molecule has 0 saturated heterocycles. The van der Waals surface area contributed by atoms with E-state index in [1.54, 1.807) is 67.6 Å². The Balaban J connectivity index is 2.06. The third-order valence-corrected chi connectivity index (χ3v) is 8.90. The Bertz CT molecular complexity index is 1440. The Morgan fingerprint density at radius 1 is 0.976 bits per heavy atom. The SMILES string of the molecule is CCCCNC(=O)C(CC)N(Cc1ccc(Cl)cc1Cl)C(=O)CN(c1cccc(OC)c1)S(=O)(=O)c1ccccc1. The Hall–Kier alpha value is -3.27. The molecule has 41 heavy (non-hydrogen) atoms. The number of methoxy groups -OCH3 is 1. The number of hydrogen-bond donors (Lipinski definition) is 1. The Morgan fingerprint density at radius 2 is 1.71 bits per heavy atom. The average Bonchev–Trinajstić information content (AvgIpc) is 2.97. The standard InChI is InChI=1S/C30H35Cl2N3O5S/c1-4-6-17-33-30(37)28(5-2)34(20-22-15-16-23(31)18-27(22)32)29(36)21-35(24-11-10-12-25(19-24)40-3)41(38,39)26-13-8-7-9-14-26/h7-16,18-19,28H,4-6,17,20-21H2,1-3H3,(H,33,37). The zero-order valence-electron chi connectivity index (χ0n) is 23.3. The number of carbonyl (C=O) groups is 2. The third kappa shape index (κ3) is 8.38. The first kappa shape index (κ1) is 32.2. The highest BCUT2D eigenvalue weighted by Gasteiger charge is 2.34. The molecule has 1 atom stereocenters. The summed E-state index contributed by atoms with van der Waals surface area (Å²) >= 11 is 12.5. The number of anilines is 1. The number of ether oxygens (including phenoxy) is 1. The van der Waals surface area contributed by atoms with E-state index in [9.17, 15) is 18.0 Å². The van der Waals surface area contributed by atoms with E-state index < -0.39 is 28.5 Å². The van der Waals surface area contributed by atoms with Gasteiger partial charge in [-0.1, -0.05) is 73.8 Å². The number of rotatable bonds is 14. The van der Waals surface area contributed by atoms with Crippen molar-refractivity contribution >= 4 is 50.7 Å². The van der Waals surface area contributed by atoms with Gasteiger partial charge in [-0.25, -0.2) is 8.42 Å². The summed E-state index contributed by atoms with van der Waals surface area (Å²) in [5.41, 5.74) is 0.814. The van der Waals surface area contributed by atoms with Gasteiger partial charge >= 0.3 is 0 Å². The van der Waals surface area contributed by atoms with Crippen LogP contribution in [0.15, 0.2) is 77.7 Å². The lowest BCUT2D eigenvalue weighted by Gasteiger charge is -2.33. The number of carbonyl (C=O) groups excluding carboxylic acids is 2. The normalized spacial score (nSPS) is 11.9. The van der Waals surface area contributed by atoms with E-state index >= 15 is 0 Å². The summed E-state index contributed by atoms with van der Waals surface area (Å²) in [4.78, 5) is 28.8. The zero-order chi connectivity index (χ0) is 30.0. The number of halogens is 2. The molecule has 3 aromatic rings. The molecule has 1 unspecified atom stereocenters. The van der Waals surface area contributed by atoms with Gasteiger partial charge in [0.2, 0.25) is 11.8 Å². The van der Waals surface area contributed by atoms with E-state index in [2.05, 4.69) is 5.32 Å². The molecule has 0 aliphatic carbocycles. The van der Waals surface area contributed by atoms with Crippen molar-refractivity contribution in [2.24, 2.45) is 0 Å². The largest absolute Gasteiger partial charge is 0.497 e. The molecule has 3 rings (SSSR count). The molecule has 0 bridgehead atoms. The topological polar surface area (TPSA) is 96.0 Å². The first-order valence-corrected chi connectivity index (χ1v) is 15.5. The highest BCUT2D eigenvalue weighted by Crippen LogP contribution is 2.28. The lowest BCUT2D eigenvalue weighted by atomic mass is 10.1. The van der Waals surface area contributed by atoms with Gasteiger partial charge in [0.15, 0.2) is 0 Å². The first-order chi connectivity index (χ1) is 19.6. The minimum atomic E-state index is -4.18. The highest BCUT2D eigenvalue weighted by molar-refractivity contribution is 7.92. The van der Waals surface area contributed by atoms with E-state index in [0.29, 0.717) is 34.3 Å². The van der Waals surface area contributed by atoms with E-state index in [-0.39, 0.29) is 23.0 Å². The van der Waals surface area contributed by atoms with Crippen LogP contribution in [-0.2, 0) is 26.2 Å². The van der Waals surface area contributed by atoms with Crippen LogP contribution in [0.4, 0.5) is 5.69 Å². The van der Waals surface area contributed by atoms with Crippen molar-refractivity contribution in [3.05, 3.63) is 88.4 Å². The van der Waals surface area contributed by atoms with Crippen LogP contribution in [0.25, 0.3) is 0 Å². The Kier molecular flexibility index (Phi) is 11.9. The van der Waals surface area contributed by atoms with Crippen LogP contribution in [0.5, 0.6) is 5.75 Å². The van der Waals surface area contributed by atoms with Gasteiger partial charge in [-0.05, 0) is 54.8 Å². The summed E-state index contributed by atoms with van der Waals surface area (Å²) in [5, 5.41) is 3.66.